The van der Waals surface area contributed by atoms with Gasteiger partial charge in [-0.2, -0.15) is 0 Å². The zero-order valence-corrected chi connectivity index (χ0v) is 9.67. The predicted octanol–water partition coefficient (Wildman–Crippen LogP) is 4.00. The summed E-state index contributed by atoms with van der Waals surface area (Å²) in [5.41, 5.74) is 2.14. The Balaban J connectivity index is 2.49. The molecule has 2 heteroatoms. The highest BCUT2D eigenvalue weighted by Gasteiger charge is 2.37. The van der Waals surface area contributed by atoms with Gasteiger partial charge in [-0.15, -0.1) is 0 Å². The molecule has 2 atom stereocenters. The van der Waals surface area contributed by atoms with Gasteiger partial charge >= 0.3 is 0 Å². The van der Waals surface area contributed by atoms with Gasteiger partial charge in [-0.25, -0.2) is 4.39 Å². The van der Waals surface area contributed by atoms with Crippen LogP contribution in [0.2, 0.25) is 0 Å². The van der Waals surface area contributed by atoms with Crippen molar-refractivity contribution in [3.8, 4) is 0 Å². The first-order chi connectivity index (χ1) is 6.89. The van der Waals surface area contributed by atoms with Gasteiger partial charge in [-0.05, 0) is 35.6 Å². The second kappa shape index (κ2) is 3.31. The Hall–Kier alpha value is -0.890. The molecule has 0 fully saturated rings. The van der Waals surface area contributed by atoms with E-state index in [2.05, 4.69) is 20.8 Å². The molecule has 1 aromatic rings. The van der Waals surface area contributed by atoms with Gasteiger partial charge in [-0.1, -0.05) is 26.8 Å². The fraction of sp³-hybridized carbons (Fsp3) is 0.538. The number of benzene rings is 1. The Labute approximate surface area is 90.3 Å². The lowest BCUT2D eigenvalue weighted by Crippen LogP contribution is -2.17. The maximum Gasteiger partial charge on any atom is 0.123 e. The summed E-state index contributed by atoms with van der Waals surface area (Å²) < 4.78 is 19.1. The van der Waals surface area contributed by atoms with Crippen LogP contribution in [-0.2, 0) is 4.74 Å². The third kappa shape index (κ3) is 1.78. The summed E-state index contributed by atoms with van der Waals surface area (Å²) in [4.78, 5) is 0. The number of fused-ring (bicyclic) bond motifs is 1. The van der Waals surface area contributed by atoms with Crippen molar-refractivity contribution >= 4 is 0 Å². The van der Waals surface area contributed by atoms with E-state index in [4.69, 9.17) is 4.74 Å². The van der Waals surface area contributed by atoms with Crippen molar-refractivity contribution in [3.63, 3.8) is 0 Å². The predicted molar refractivity (Wildman–Crippen MR) is 58.1 cm³/mol. The SMILES string of the molecule is CC1OC(C(C)(C)C)c2cc(F)ccc21. The van der Waals surface area contributed by atoms with Crippen LogP contribution in [0.5, 0.6) is 0 Å². The molecule has 82 valence electrons. The van der Waals surface area contributed by atoms with Gasteiger partial charge in [0.05, 0.1) is 12.2 Å². The molecular weight excluding hydrogens is 191 g/mol. The molecule has 0 saturated heterocycles. The topological polar surface area (TPSA) is 9.23 Å². The first-order valence-electron chi connectivity index (χ1n) is 5.34. The van der Waals surface area contributed by atoms with Crippen molar-refractivity contribution in [3.05, 3.63) is 35.1 Å². The molecule has 0 bridgehead atoms. The third-order valence-electron chi connectivity index (χ3n) is 2.90. The van der Waals surface area contributed by atoms with E-state index in [1.165, 1.54) is 6.07 Å². The summed E-state index contributed by atoms with van der Waals surface area (Å²) in [5.74, 6) is -0.180. The number of halogens is 1. The van der Waals surface area contributed by atoms with Gasteiger partial charge in [0.15, 0.2) is 0 Å². The average Bonchev–Trinajstić information content (AvgIpc) is 2.42. The van der Waals surface area contributed by atoms with Crippen LogP contribution >= 0.6 is 0 Å². The minimum Gasteiger partial charge on any atom is -0.365 e. The first-order valence-corrected chi connectivity index (χ1v) is 5.34. The summed E-state index contributed by atoms with van der Waals surface area (Å²) in [6.45, 7) is 8.36. The van der Waals surface area contributed by atoms with Gasteiger partial charge < -0.3 is 4.74 Å². The van der Waals surface area contributed by atoms with E-state index in [9.17, 15) is 4.39 Å². The summed E-state index contributed by atoms with van der Waals surface area (Å²) in [5, 5.41) is 0. The summed E-state index contributed by atoms with van der Waals surface area (Å²) in [7, 11) is 0. The molecule has 1 aliphatic rings. The van der Waals surface area contributed by atoms with E-state index in [-0.39, 0.29) is 23.4 Å². The molecule has 15 heavy (non-hydrogen) atoms. The highest BCUT2D eigenvalue weighted by atomic mass is 19.1. The molecule has 2 rings (SSSR count). The molecule has 0 saturated carbocycles. The van der Waals surface area contributed by atoms with Crippen molar-refractivity contribution in [2.45, 2.75) is 39.9 Å². The largest absolute Gasteiger partial charge is 0.365 e. The lowest BCUT2D eigenvalue weighted by atomic mass is 9.84. The van der Waals surface area contributed by atoms with Crippen molar-refractivity contribution in [1.29, 1.82) is 0 Å². The molecular formula is C13H17FO. The van der Waals surface area contributed by atoms with Gasteiger partial charge in [0.1, 0.15) is 5.82 Å². The maximum absolute atomic E-state index is 13.2. The van der Waals surface area contributed by atoms with Crippen LogP contribution in [0.1, 0.15) is 51.0 Å². The molecule has 0 spiro atoms. The second-order valence-corrected chi connectivity index (χ2v) is 5.30. The summed E-state index contributed by atoms with van der Waals surface area (Å²) in [6.07, 6.45) is 0.0722. The molecule has 1 aromatic carbocycles. The Bertz CT molecular complexity index is 379. The Morgan fingerprint density at radius 2 is 1.87 bits per heavy atom. The van der Waals surface area contributed by atoms with E-state index in [0.29, 0.717) is 0 Å². The van der Waals surface area contributed by atoms with Crippen molar-refractivity contribution in [2.24, 2.45) is 5.41 Å². The molecule has 1 nitrogen and oxygen atoms in total. The minimum atomic E-state index is -0.180. The van der Waals surface area contributed by atoms with Crippen LogP contribution in [0.4, 0.5) is 4.39 Å². The Kier molecular flexibility index (Phi) is 2.34. The van der Waals surface area contributed by atoms with Crippen LogP contribution in [0, 0.1) is 11.2 Å². The van der Waals surface area contributed by atoms with Crippen LogP contribution in [0.25, 0.3) is 0 Å². The third-order valence-corrected chi connectivity index (χ3v) is 2.90. The molecule has 0 radical (unpaired) electrons. The van der Waals surface area contributed by atoms with Gasteiger partial charge in [0.25, 0.3) is 0 Å². The van der Waals surface area contributed by atoms with Crippen LogP contribution in [-0.4, -0.2) is 0 Å². The zero-order chi connectivity index (χ0) is 11.2. The molecule has 0 N–H and O–H groups in total. The standard InChI is InChI=1S/C13H17FO/c1-8-10-6-5-9(14)7-11(10)12(15-8)13(2,3)4/h5-8,12H,1-4H3. The molecule has 0 aliphatic carbocycles. The number of hydrogen-bond acceptors (Lipinski definition) is 1. The van der Waals surface area contributed by atoms with Crippen molar-refractivity contribution < 1.29 is 9.13 Å². The van der Waals surface area contributed by atoms with E-state index >= 15 is 0 Å². The monoisotopic (exact) mass is 208 g/mol. The highest BCUT2D eigenvalue weighted by molar-refractivity contribution is 5.35. The fourth-order valence-corrected chi connectivity index (χ4v) is 2.16. The summed E-state index contributed by atoms with van der Waals surface area (Å²) >= 11 is 0. The Morgan fingerprint density at radius 3 is 2.47 bits per heavy atom. The number of rotatable bonds is 0. The van der Waals surface area contributed by atoms with E-state index in [0.717, 1.165) is 11.1 Å². The van der Waals surface area contributed by atoms with Gasteiger partial charge in [0.2, 0.25) is 0 Å². The second-order valence-electron chi connectivity index (χ2n) is 5.30. The van der Waals surface area contributed by atoms with Crippen LogP contribution in [0.15, 0.2) is 18.2 Å². The lowest BCUT2D eigenvalue weighted by Gasteiger charge is -2.27. The molecule has 2 unspecified atom stereocenters. The zero-order valence-electron chi connectivity index (χ0n) is 9.67. The summed E-state index contributed by atoms with van der Waals surface area (Å²) in [6, 6.07) is 4.94. The fourth-order valence-electron chi connectivity index (χ4n) is 2.16. The van der Waals surface area contributed by atoms with Crippen molar-refractivity contribution in [2.75, 3.05) is 0 Å². The quantitative estimate of drug-likeness (QED) is 0.626. The first kappa shape index (κ1) is 10.6. The van der Waals surface area contributed by atoms with Gasteiger partial charge in [0, 0.05) is 0 Å². The van der Waals surface area contributed by atoms with E-state index in [1.54, 1.807) is 6.07 Å². The smallest absolute Gasteiger partial charge is 0.123 e. The molecule has 0 aromatic heterocycles. The van der Waals surface area contributed by atoms with Crippen molar-refractivity contribution in [1.82, 2.24) is 0 Å². The Morgan fingerprint density at radius 1 is 1.20 bits per heavy atom. The lowest BCUT2D eigenvalue weighted by molar-refractivity contribution is -0.0396. The van der Waals surface area contributed by atoms with E-state index < -0.39 is 0 Å². The molecule has 0 amide bonds. The minimum absolute atomic E-state index is 0.00167. The normalized spacial score (nSPS) is 25.4. The average molecular weight is 208 g/mol. The number of ether oxygens (including phenoxy) is 1. The molecule has 1 heterocycles. The maximum atomic E-state index is 13.2. The van der Waals surface area contributed by atoms with Crippen LogP contribution in [0.3, 0.4) is 0 Å². The highest BCUT2D eigenvalue weighted by Crippen LogP contribution is 2.47. The van der Waals surface area contributed by atoms with Crippen LogP contribution < -0.4 is 0 Å². The van der Waals surface area contributed by atoms with Gasteiger partial charge in [-0.3, -0.25) is 0 Å². The molecule has 1 aliphatic heterocycles. The number of hydrogen-bond donors (Lipinski definition) is 0. The van der Waals surface area contributed by atoms with E-state index in [1.807, 2.05) is 13.0 Å².